The highest BCUT2D eigenvalue weighted by Crippen LogP contribution is 2.49. The van der Waals surface area contributed by atoms with Crippen LogP contribution < -0.4 is 15.5 Å². The van der Waals surface area contributed by atoms with E-state index in [1.54, 1.807) is 6.20 Å². The second-order valence-electron chi connectivity index (χ2n) is 8.75. The summed E-state index contributed by atoms with van der Waals surface area (Å²) >= 11 is 5.89. The summed E-state index contributed by atoms with van der Waals surface area (Å²) < 4.78 is 0. The quantitative estimate of drug-likeness (QED) is 0.766. The summed E-state index contributed by atoms with van der Waals surface area (Å²) in [4.78, 5) is 33.1. The maximum absolute atomic E-state index is 12.3. The largest absolute Gasteiger partial charge is 0.354 e. The van der Waals surface area contributed by atoms with E-state index in [2.05, 4.69) is 32.3 Å². The fourth-order valence-corrected chi connectivity index (χ4v) is 5.43. The Hall–Kier alpha value is -1.86. The van der Waals surface area contributed by atoms with Gasteiger partial charge in [0.25, 0.3) is 0 Å². The average molecular weight is 420 g/mol. The molecule has 2 saturated carbocycles. The number of hydrogen-bond acceptors (Lipinski definition) is 5. The molecule has 29 heavy (non-hydrogen) atoms. The van der Waals surface area contributed by atoms with Crippen LogP contribution >= 0.6 is 11.6 Å². The first kappa shape index (κ1) is 20.4. The standard InChI is InChI=1S/C21H30ClN5O2/c1-14(18-11-15-2-3-16(18)10-15)24-21(29)25-20(28)13-26-6-8-27(9-7-26)19-5-4-17(22)12-23-19/h4-5,12,14-16,18H,2-3,6-11,13H2,1H3,(H2,24,25,28,29). The first-order valence-corrected chi connectivity index (χ1v) is 11.0. The van der Waals surface area contributed by atoms with Crippen molar-refractivity contribution in [3.63, 3.8) is 0 Å². The lowest BCUT2D eigenvalue weighted by atomic mass is 9.84. The third kappa shape index (κ3) is 5.01. The number of nitrogens with zero attached hydrogens (tertiary/aromatic N) is 3. The summed E-state index contributed by atoms with van der Waals surface area (Å²) in [6.45, 7) is 5.38. The molecule has 0 spiro atoms. The number of amides is 3. The SMILES string of the molecule is CC(NC(=O)NC(=O)CN1CCN(c2ccc(Cl)cn2)CC1)C1CC2CCC1C2. The van der Waals surface area contributed by atoms with Gasteiger partial charge in [0.1, 0.15) is 5.82 Å². The minimum atomic E-state index is -0.366. The van der Waals surface area contributed by atoms with Gasteiger partial charge in [-0.25, -0.2) is 9.78 Å². The number of fused-ring (bicyclic) bond motifs is 2. The molecule has 2 N–H and O–H groups in total. The van der Waals surface area contributed by atoms with E-state index in [9.17, 15) is 9.59 Å². The molecule has 7 nitrogen and oxygen atoms in total. The number of imide groups is 1. The Morgan fingerprint density at radius 1 is 1.21 bits per heavy atom. The zero-order valence-corrected chi connectivity index (χ0v) is 17.7. The summed E-state index contributed by atoms with van der Waals surface area (Å²) in [5.74, 6) is 2.80. The van der Waals surface area contributed by atoms with Gasteiger partial charge in [-0.1, -0.05) is 18.0 Å². The number of halogens is 1. The van der Waals surface area contributed by atoms with Crippen molar-refractivity contribution in [1.82, 2.24) is 20.5 Å². The van der Waals surface area contributed by atoms with Gasteiger partial charge in [0.15, 0.2) is 0 Å². The summed E-state index contributed by atoms with van der Waals surface area (Å²) in [6.07, 6.45) is 6.81. The van der Waals surface area contributed by atoms with Crippen molar-refractivity contribution < 1.29 is 9.59 Å². The van der Waals surface area contributed by atoms with Crippen molar-refractivity contribution in [2.45, 2.75) is 38.6 Å². The number of hydrogen-bond donors (Lipinski definition) is 2. The van der Waals surface area contributed by atoms with Crippen LogP contribution in [0.25, 0.3) is 0 Å². The third-order valence-corrected chi connectivity index (χ3v) is 7.05. The molecule has 8 heteroatoms. The van der Waals surface area contributed by atoms with E-state index in [0.717, 1.165) is 43.8 Å². The highest BCUT2D eigenvalue weighted by molar-refractivity contribution is 6.30. The molecule has 0 aromatic carbocycles. The molecule has 3 aliphatic rings. The van der Waals surface area contributed by atoms with Crippen LogP contribution in [0.3, 0.4) is 0 Å². The normalized spacial score (nSPS) is 27.7. The topological polar surface area (TPSA) is 77.6 Å². The van der Waals surface area contributed by atoms with Gasteiger partial charge in [-0.2, -0.15) is 0 Å². The molecule has 3 fully saturated rings. The van der Waals surface area contributed by atoms with Gasteiger partial charge in [-0.3, -0.25) is 15.0 Å². The van der Waals surface area contributed by atoms with Crippen LogP contribution in [0.1, 0.15) is 32.6 Å². The van der Waals surface area contributed by atoms with Crippen LogP contribution in [0.4, 0.5) is 10.6 Å². The highest BCUT2D eigenvalue weighted by atomic mass is 35.5. The number of piperazine rings is 1. The molecule has 4 atom stereocenters. The van der Waals surface area contributed by atoms with E-state index in [-0.39, 0.29) is 24.5 Å². The molecule has 1 aliphatic heterocycles. The minimum absolute atomic E-state index is 0.119. The van der Waals surface area contributed by atoms with Crippen LogP contribution in [-0.2, 0) is 4.79 Å². The number of carbonyl (C=O) groups is 2. The van der Waals surface area contributed by atoms with Gasteiger partial charge in [0, 0.05) is 38.4 Å². The third-order valence-electron chi connectivity index (χ3n) is 6.82. The van der Waals surface area contributed by atoms with E-state index in [4.69, 9.17) is 11.6 Å². The van der Waals surface area contributed by atoms with Crippen molar-refractivity contribution in [3.05, 3.63) is 23.4 Å². The van der Waals surface area contributed by atoms with Crippen LogP contribution in [0.15, 0.2) is 18.3 Å². The Labute approximate surface area is 177 Å². The van der Waals surface area contributed by atoms with Crippen LogP contribution in [0.5, 0.6) is 0 Å². The predicted molar refractivity (Wildman–Crippen MR) is 113 cm³/mol. The van der Waals surface area contributed by atoms with Gasteiger partial charge in [-0.05, 0) is 56.1 Å². The van der Waals surface area contributed by atoms with Crippen LogP contribution in [-0.4, -0.2) is 60.6 Å². The van der Waals surface area contributed by atoms with Crippen molar-refractivity contribution in [1.29, 1.82) is 0 Å². The first-order chi connectivity index (χ1) is 14.0. The fraction of sp³-hybridized carbons (Fsp3) is 0.667. The summed E-state index contributed by atoms with van der Waals surface area (Å²) in [6, 6.07) is 3.50. The number of urea groups is 1. The number of rotatable bonds is 5. The second kappa shape index (κ2) is 8.88. The Bertz CT molecular complexity index is 735. The lowest BCUT2D eigenvalue weighted by Gasteiger charge is -2.35. The van der Waals surface area contributed by atoms with Crippen LogP contribution in [0, 0.1) is 17.8 Å². The van der Waals surface area contributed by atoms with E-state index >= 15 is 0 Å². The Morgan fingerprint density at radius 2 is 2.00 bits per heavy atom. The Balaban J connectivity index is 1.17. The maximum Gasteiger partial charge on any atom is 0.321 e. The summed E-state index contributed by atoms with van der Waals surface area (Å²) in [7, 11) is 0. The predicted octanol–water partition coefficient (Wildman–Crippen LogP) is 2.51. The highest BCUT2D eigenvalue weighted by Gasteiger charge is 2.42. The maximum atomic E-state index is 12.3. The van der Waals surface area contributed by atoms with Gasteiger partial charge >= 0.3 is 6.03 Å². The molecule has 2 bridgehead atoms. The molecular formula is C21H30ClN5O2. The average Bonchev–Trinajstić information content (AvgIpc) is 3.33. The fourth-order valence-electron chi connectivity index (χ4n) is 5.32. The Kier molecular flexibility index (Phi) is 6.25. The van der Waals surface area contributed by atoms with E-state index in [1.807, 2.05) is 12.1 Å². The summed E-state index contributed by atoms with van der Waals surface area (Å²) in [5, 5.41) is 6.12. The van der Waals surface area contributed by atoms with Gasteiger partial charge < -0.3 is 10.2 Å². The van der Waals surface area contributed by atoms with E-state index < -0.39 is 0 Å². The summed E-state index contributed by atoms with van der Waals surface area (Å²) in [5.41, 5.74) is 0. The smallest absolute Gasteiger partial charge is 0.321 e. The zero-order valence-electron chi connectivity index (χ0n) is 16.9. The molecule has 2 aliphatic carbocycles. The molecule has 3 amide bonds. The number of carbonyl (C=O) groups excluding carboxylic acids is 2. The van der Waals surface area contributed by atoms with Gasteiger partial charge in [0.05, 0.1) is 11.6 Å². The molecule has 2 heterocycles. The molecule has 158 valence electrons. The van der Waals surface area contributed by atoms with Crippen molar-refractivity contribution in [2.75, 3.05) is 37.6 Å². The molecule has 4 unspecified atom stereocenters. The number of anilines is 1. The molecule has 4 rings (SSSR count). The van der Waals surface area contributed by atoms with Gasteiger partial charge in [0.2, 0.25) is 5.91 Å². The second-order valence-corrected chi connectivity index (χ2v) is 9.18. The minimum Gasteiger partial charge on any atom is -0.354 e. The van der Waals surface area contributed by atoms with Gasteiger partial charge in [-0.15, -0.1) is 0 Å². The molecule has 0 radical (unpaired) electrons. The zero-order chi connectivity index (χ0) is 20.4. The first-order valence-electron chi connectivity index (χ1n) is 10.7. The van der Waals surface area contributed by atoms with E-state index in [0.29, 0.717) is 10.9 Å². The number of pyridine rings is 1. The number of aromatic nitrogens is 1. The van der Waals surface area contributed by atoms with Crippen molar-refractivity contribution in [2.24, 2.45) is 17.8 Å². The molecule has 1 aromatic rings. The molecule has 1 saturated heterocycles. The van der Waals surface area contributed by atoms with Crippen molar-refractivity contribution >= 4 is 29.4 Å². The lowest BCUT2D eigenvalue weighted by molar-refractivity contribution is -0.121. The monoisotopic (exact) mass is 419 g/mol. The van der Waals surface area contributed by atoms with Crippen LogP contribution in [0.2, 0.25) is 5.02 Å². The Morgan fingerprint density at radius 3 is 2.62 bits per heavy atom. The van der Waals surface area contributed by atoms with E-state index in [1.165, 1.54) is 25.7 Å². The lowest BCUT2D eigenvalue weighted by Crippen LogP contribution is -2.52. The number of nitrogens with one attached hydrogen (secondary N) is 2. The van der Waals surface area contributed by atoms with Crippen molar-refractivity contribution in [3.8, 4) is 0 Å². The molecular weight excluding hydrogens is 390 g/mol. The molecule has 1 aromatic heterocycles.